The van der Waals surface area contributed by atoms with Crippen LogP contribution in [-0.2, 0) is 0 Å². The topological polar surface area (TPSA) is 29.1 Å². The monoisotopic (exact) mass is 213 g/mol. The van der Waals surface area contributed by atoms with Crippen LogP contribution in [0.4, 0.5) is 4.39 Å². The first-order valence-corrected chi connectivity index (χ1v) is 5.69. The maximum absolute atomic E-state index is 13.0. The lowest BCUT2D eigenvalue weighted by molar-refractivity contribution is 0.0938. The molecule has 0 unspecified atom stereocenters. The van der Waals surface area contributed by atoms with Gasteiger partial charge in [-0.1, -0.05) is 12.8 Å². The van der Waals surface area contributed by atoms with Crippen molar-refractivity contribution >= 4 is 17.2 Å². The lowest BCUT2D eigenvalue weighted by Gasteiger charge is -2.10. The first-order chi connectivity index (χ1) is 6.77. The van der Waals surface area contributed by atoms with Gasteiger partial charge in [-0.05, 0) is 24.3 Å². The molecule has 1 aromatic rings. The van der Waals surface area contributed by atoms with E-state index < -0.39 is 5.82 Å². The van der Waals surface area contributed by atoms with Crippen molar-refractivity contribution in [3.05, 3.63) is 22.1 Å². The van der Waals surface area contributed by atoms with E-state index in [2.05, 4.69) is 5.32 Å². The number of nitrogens with one attached hydrogen (secondary N) is 1. The van der Waals surface area contributed by atoms with Gasteiger partial charge in [-0.25, -0.2) is 4.39 Å². The van der Waals surface area contributed by atoms with Crippen LogP contribution >= 0.6 is 11.3 Å². The van der Waals surface area contributed by atoms with Crippen molar-refractivity contribution < 1.29 is 9.18 Å². The average molecular weight is 213 g/mol. The zero-order valence-electron chi connectivity index (χ0n) is 7.75. The summed E-state index contributed by atoms with van der Waals surface area (Å²) >= 11 is 1.15. The van der Waals surface area contributed by atoms with E-state index in [9.17, 15) is 9.18 Å². The van der Waals surface area contributed by atoms with Gasteiger partial charge in [0.15, 0.2) is 0 Å². The molecule has 76 valence electrons. The molecular weight excluding hydrogens is 201 g/mol. The van der Waals surface area contributed by atoms with Gasteiger partial charge in [0.2, 0.25) is 0 Å². The van der Waals surface area contributed by atoms with Crippen molar-refractivity contribution in [2.45, 2.75) is 31.7 Å². The van der Waals surface area contributed by atoms with E-state index in [1.165, 1.54) is 6.07 Å². The van der Waals surface area contributed by atoms with E-state index in [4.69, 9.17) is 0 Å². The Bertz CT molecular complexity index is 331. The molecule has 2 nitrogen and oxygen atoms in total. The van der Waals surface area contributed by atoms with Gasteiger partial charge >= 0.3 is 0 Å². The molecule has 14 heavy (non-hydrogen) atoms. The minimum Gasteiger partial charge on any atom is -0.349 e. The highest BCUT2D eigenvalue weighted by Crippen LogP contribution is 2.20. The van der Waals surface area contributed by atoms with Crippen molar-refractivity contribution in [1.82, 2.24) is 5.32 Å². The second-order valence-electron chi connectivity index (χ2n) is 3.55. The second kappa shape index (κ2) is 4.09. The SMILES string of the molecule is O=C(NC1CCCC1)c1sccc1F. The molecule has 1 fully saturated rings. The lowest BCUT2D eigenvalue weighted by Crippen LogP contribution is -2.32. The summed E-state index contributed by atoms with van der Waals surface area (Å²) < 4.78 is 13.0. The van der Waals surface area contributed by atoms with Crippen LogP contribution < -0.4 is 5.32 Å². The smallest absolute Gasteiger partial charge is 0.264 e. The number of amides is 1. The molecule has 0 atom stereocenters. The molecule has 0 radical (unpaired) electrons. The molecule has 0 aliphatic heterocycles. The summed E-state index contributed by atoms with van der Waals surface area (Å²) in [5, 5.41) is 4.45. The van der Waals surface area contributed by atoms with Gasteiger partial charge in [0.25, 0.3) is 5.91 Å². The van der Waals surface area contributed by atoms with Crippen LogP contribution in [0.25, 0.3) is 0 Å². The van der Waals surface area contributed by atoms with Crippen LogP contribution in [0.1, 0.15) is 35.4 Å². The molecule has 1 heterocycles. The van der Waals surface area contributed by atoms with E-state index in [1.54, 1.807) is 5.38 Å². The molecule has 0 spiro atoms. The Morgan fingerprint density at radius 1 is 1.50 bits per heavy atom. The fourth-order valence-electron chi connectivity index (χ4n) is 1.78. The molecule has 0 saturated heterocycles. The molecule has 1 aliphatic carbocycles. The Balaban J connectivity index is 1.98. The van der Waals surface area contributed by atoms with Gasteiger partial charge in [-0.15, -0.1) is 11.3 Å². The Morgan fingerprint density at radius 3 is 2.79 bits per heavy atom. The number of thiophene rings is 1. The third kappa shape index (κ3) is 1.95. The summed E-state index contributed by atoms with van der Waals surface area (Å²) in [6.45, 7) is 0. The Morgan fingerprint density at radius 2 is 2.21 bits per heavy atom. The number of hydrogen-bond donors (Lipinski definition) is 1. The number of hydrogen-bond acceptors (Lipinski definition) is 2. The van der Waals surface area contributed by atoms with E-state index in [0.29, 0.717) is 0 Å². The highest BCUT2D eigenvalue weighted by atomic mass is 32.1. The Labute approximate surface area is 86.1 Å². The molecule has 2 rings (SSSR count). The van der Waals surface area contributed by atoms with E-state index >= 15 is 0 Å². The average Bonchev–Trinajstić information content (AvgIpc) is 2.75. The van der Waals surface area contributed by atoms with Crippen molar-refractivity contribution in [2.24, 2.45) is 0 Å². The van der Waals surface area contributed by atoms with Crippen LogP contribution in [0.3, 0.4) is 0 Å². The Kier molecular flexibility index (Phi) is 2.82. The maximum atomic E-state index is 13.0. The predicted molar refractivity (Wildman–Crippen MR) is 54.0 cm³/mol. The molecule has 4 heteroatoms. The van der Waals surface area contributed by atoms with Gasteiger partial charge < -0.3 is 5.32 Å². The first-order valence-electron chi connectivity index (χ1n) is 4.81. The van der Waals surface area contributed by atoms with E-state index in [1.807, 2.05) is 0 Å². The highest BCUT2D eigenvalue weighted by molar-refractivity contribution is 7.12. The fourth-order valence-corrected chi connectivity index (χ4v) is 2.45. The first kappa shape index (κ1) is 9.65. The van der Waals surface area contributed by atoms with Gasteiger partial charge in [-0.3, -0.25) is 4.79 Å². The molecule has 1 aromatic heterocycles. The molecule has 0 aromatic carbocycles. The molecule has 0 bridgehead atoms. The highest BCUT2D eigenvalue weighted by Gasteiger charge is 2.20. The molecule has 1 aliphatic rings. The molecular formula is C10H12FNOS. The van der Waals surface area contributed by atoms with Crippen molar-refractivity contribution in [3.63, 3.8) is 0 Å². The fraction of sp³-hybridized carbons (Fsp3) is 0.500. The number of halogens is 1. The summed E-state index contributed by atoms with van der Waals surface area (Å²) in [6, 6.07) is 1.58. The van der Waals surface area contributed by atoms with Crippen LogP contribution in [0.2, 0.25) is 0 Å². The lowest BCUT2D eigenvalue weighted by atomic mass is 10.2. The summed E-state index contributed by atoms with van der Waals surface area (Å²) in [5.74, 6) is -0.671. The zero-order chi connectivity index (χ0) is 9.97. The van der Waals surface area contributed by atoms with Crippen LogP contribution in [0.15, 0.2) is 11.4 Å². The number of carbonyl (C=O) groups excluding carboxylic acids is 1. The number of carbonyl (C=O) groups is 1. The predicted octanol–water partition coefficient (Wildman–Crippen LogP) is 2.56. The minimum absolute atomic E-state index is 0.205. The van der Waals surface area contributed by atoms with Gasteiger partial charge in [-0.2, -0.15) is 0 Å². The quantitative estimate of drug-likeness (QED) is 0.803. The summed E-state index contributed by atoms with van der Waals surface area (Å²) in [4.78, 5) is 11.7. The van der Waals surface area contributed by atoms with Gasteiger partial charge in [0.1, 0.15) is 10.7 Å². The molecule has 1 saturated carbocycles. The van der Waals surface area contributed by atoms with Crippen LogP contribution in [0, 0.1) is 5.82 Å². The third-order valence-electron chi connectivity index (χ3n) is 2.51. The van der Waals surface area contributed by atoms with Crippen molar-refractivity contribution in [3.8, 4) is 0 Å². The molecule has 1 N–H and O–H groups in total. The van der Waals surface area contributed by atoms with Crippen molar-refractivity contribution in [2.75, 3.05) is 0 Å². The minimum atomic E-state index is -0.412. The van der Waals surface area contributed by atoms with E-state index in [-0.39, 0.29) is 16.8 Å². The van der Waals surface area contributed by atoms with E-state index in [0.717, 1.165) is 37.0 Å². The zero-order valence-corrected chi connectivity index (χ0v) is 8.57. The summed E-state index contributed by atoms with van der Waals surface area (Å²) in [6.07, 6.45) is 4.38. The Hall–Kier alpha value is -0.900. The second-order valence-corrected chi connectivity index (χ2v) is 4.47. The summed E-state index contributed by atoms with van der Waals surface area (Å²) in [5.41, 5.74) is 0. The van der Waals surface area contributed by atoms with Crippen LogP contribution in [-0.4, -0.2) is 11.9 Å². The van der Waals surface area contributed by atoms with Crippen LogP contribution in [0.5, 0.6) is 0 Å². The van der Waals surface area contributed by atoms with Gasteiger partial charge in [0.05, 0.1) is 0 Å². The normalized spacial score (nSPS) is 17.2. The maximum Gasteiger partial charge on any atom is 0.264 e. The van der Waals surface area contributed by atoms with Gasteiger partial charge in [0, 0.05) is 6.04 Å². The number of rotatable bonds is 2. The largest absolute Gasteiger partial charge is 0.349 e. The summed E-state index contributed by atoms with van der Waals surface area (Å²) in [7, 11) is 0. The third-order valence-corrected chi connectivity index (χ3v) is 3.40. The van der Waals surface area contributed by atoms with Crippen molar-refractivity contribution in [1.29, 1.82) is 0 Å². The standard InChI is InChI=1S/C10H12FNOS/c11-8-5-6-14-9(8)10(13)12-7-3-1-2-4-7/h5-7H,1-4H2,(H,12,13). The molecule has 1 amide bonds.